The fourth-order valence-corrected chi connectivity index (χ4v) is 3.81. The lowest BCUT2D eigenvalue weighted by atomic mass is 10.1. The molecule has 0 aliphatic heterocycles. The van der Waals surface area contributed by atoms with Crippen LogP contribution in [0.2, 0.25) is 0 Å². The molecule has 0 atom stereocenters. The molecule has 0 saturated carbocycles. The first-order chi connectivity index (χ1) is 10.9. The lowest BCUT2D eigenvalue weighted by Gasteiger charge is -2.04. The van der Waals surface area contributed by atoms with Gasteiger partial charge in [-0.1, -0.05) is 32.6 Å². The van der Waals surface area contributed by atoms with Gasteiger partial charge in [-0.3, -0.25) is 4.79 Å². The van der Waals surface area contributed by atoms with E-state index in [4.69, 9.17) is 9.88 Å². The van der Waals surface area contributed by atoms with Gasteiger partial charge in [-0.2, -0.15) is 0 Å². The van der Waals surface area contributed by atoms with Gasteiger partial charge >= 0.3 is 5.97 Å². The molecule has 0 spiro atoms. The van der Waals surface area contributed by atoms with E-state index in [1.165, 1.54) is 12.8 Å². The second-order valence-corrected chi connectivity index (χ2v) is 8.06. The number of primary sulfonamides is 1. The first kappa shape index (κ1) is 17.8. The van der Waals surface area contributed by atoms with Crippen molar-refractivity contribution in [1.82, 2.24) is 4.98 Å². The highest BCUT2D eigenvalue weighted by Gasteiger charge is 2.15. The van der Waals surface area contributed by atoms with Crippen LogP contribution in [0.15, 0.2) is 22.5 Å². The topological polar surface area (TPSA) is 99.3 Å². The number of nitrogens with zero attached hydrogens (tertiary/aromatic N) is 1. The smallest absolute Gasteiger partial charge is 0.311 e. The van der Waals surface area contributed by atoms with Gasteiger partial charge in [-0.15, -0.1) is 11.3 Å². The summed E-state index contributed by atoms with van der Waals surface area (Å²) in [6.45, 7) is 2.14. The molecule has 2 aromatic rings. The Hall–Kier alpha value is -1.51. The number of fused-ring (bicyclic) bond motifs is 1. The van der Waals surface area contributed by atoms with E-state index in [2.05, 4.69) is 11.9 Å². The molecule has 0 fully saturated rings. The van der Waals surface area contributed by atoms with Crippen molar-refractivity contribution in [3.8, 4) is 5.75 Å². The maximum atomic E-state index is 11.8. The third-order valence-corrected chi connectivity index (χ3v) is 5.64. The number of rotatable bonds is 8. The van der Waals surface area contributed by atoms with Gasteiger partial charge in [0, 0.05) is 12.5 Å². The largest absolute Gasteiger partial charge is 0.426 e. The van der Waals surface area contributed by atoms with Crippen LogP contribution in [0, 0.1) is 0 Å². The molecule has 2 rings (SSSR count). The Balaban J connectivity index is 1.96. The normalized spacial score (nSPS) is 11.7. The molecule has 2 N–H and O–H groups in total. The Morgan fingerprint density at radius 1 is 1.26 bits per heavy atom. The van der Waals surface area contributed by atoms with Gasteiger partial charge in [0.25, 0.3) is 10.0 Å². The van der Waals surface area contributed by atoms with E-state index in [1.54, 1.807) is 18.2 Å². The van der Waals surface area contributed by atoms with Gasteiger partial charge in [-0.05, 0) is 18.6 Å². The fourth-order valence-electron chi connectivity index (χ4n) is 2.12. The number of hydrogen-bond donors (Lipinski definition) is 1. The molecule has 126 valence electrons. The number of unbranched alkanes of at least 4 members (excludes halogenated alkanes) is 4. The van der Waals surface area contributed by atoms with Gasteiger partial charge in [0.1, 0.15) is 5.75 Å². The van der Waals surface area contributed by atoms with Crippen LogP contribution in [0.3, 0.4) is 0 Å². The lowest BCUT2D eigenvalue weighted by Crippen LogP contribution is -2.11. The molecule has 0 unspecified atom stereocenters. The maximum absolute atomic E-state index is 11.8. The predicted molar refractivity (Wildman–Crippen MR) is 90.0 cm³/mol. The fraction of sp³-hybridized carbons (Fsp3) is 0.467. The van der Waals surface area contributed by atoms with Crippen LogP contribution in [-0.4, -0.2) is 19.4 Å². The van der Waals surface area contributed by atoms with Crippen molar-refractivity contribution in [1.29, 1.82) is 0 Å². The average Bonchev–Trinajstić information content (AvgIpc) is 2.90. The van der Waals surface area contributed by atoms with Crippen molar-refractivity contribution >= 4 is 37.5 Å². The van der Waals surface area contributed by atoms with E-state index in [-0.39, 0.29) is 10.3 Å². The van der Waals surface area contributed by atoms with E-state index in [9.17, 15) is 13.2 Å². The van der Waals surface area contributed by atoms with E-state index in [0.29, 0.717) is 22.4 Å². The second kappa shape index (κ2) is 7.85. The zero-order valence-electron chi connectivity index (χ0n) is 12.9. The number of aromatic nitrogens is 1. The summed E-state index contributed by atoms with van der Waals surface area (Å²) in [5.74, 6) is 0.109. The zero-order valence-corrected chi connectivity index (χ0v) is 14.6. The molecule has 0 saturated heterocycles. The Bertz CT molecular complexity index is 784. The maximum Gasteiger partial charge on any atom is 0.311 e. The third-order valence-electron chi connectivity index (χ3n) is 3.30. The van der Waals surface area contributed by atoms with Gasteiger partial charge < -0.3 is 4.74 Å². The number of thiazole rings is 1. The number of esters is 1. The molecule has 0 aliphatic rings. The van der Waals surface area contributed by atoms with Crippen molar-refractivity contribution in [2.24, 2.45) is 5.14 Å². The Morgan fingerprint density at radius 3 is 2.70 bits per heavy atom. The molecule has 1 aromatic heterocycles. The van der Waals surface area contributed by atoms with Crippen LogP contribution in [0.5, 0.6) is 5.75 Å². The summed E-state index contributed by atoms with van der Waals surface area (Å²) in [6.07, 6.45) is 5.70. The third kappa shape index (κ3) is 5.26. The monoisotopic (exact) mass is 356 g/mol. The molecule has 1 aromatic carbocycles. The molecule has 0 radical (unpaired) electrons. The molecular weight excluding hydrogens is 336 g/mol. The van der Waals surface area contributed by atoms with E-state index >= 15 is 0 Å². The Kier molecular flexibility index (Phi) is 6.09. The van der Waals surface area contributed by atoms with Gasteiger partial charge in [0.05, 0.1) is 10.2 Å². The summed E-state index contributed by atoms with van der Waals surface area (Å²) in [5, 5.41) is 5.06. The van der Waals surface area contributed by atoms with E-state index in [0.717, 1.165) is 30.6 Å². The quantitative estimate of drug-likeness (QED) is 0.445. The minimum absolute atomic E-state index is 0.146. The summed E-state index contributed by atoms with van der Waals surface area (Å²) >= 11 is 0.957. The molecule has 1 heterocycles. The molecule has 0 aliphatic carbocycles. The Labute approximate surface area is 139 Å². The van der Waals surface area contributed by atoms with Crippen LogP contribution in [0.1, 0.15) is 45.4 Å². The van der Waals surface area contributed by atoms with Gasteiger partial charge in [-0.25, -0.2) is 18.5 Å². The number of benzene rings is 1. The SMILES string of the molecule is CCCCCCCC(=O)Oc1ccc2nc(S(N)(=O)=O)sc2c1. The molecule has 23 heavy (non-hydrogen) atoms. The molecule has 6 nitrogen and oxygen atoms in total. The van der Waals surface area contributed by atoms with Crippen LogP contribution >= 0.6 is 11.3 Å². The summed E-state index contributed by atoms with van der Waals surface area (Å²) < 4.78 is 28.3. The highest BCUT2D eigenvalue weighted by atomic mass is 32.2. The number of carbonyl (C=O) groups is 1. The highest BCUT2D eigenvalue weighted by Crippen LogP contribution is 2.28. The highest BCUT2D eigenvalue weighted by molar-refractivity contribution is 7.91. The minimum Gasteiger partial charge on any atom is -0.426 e. The van der Waals surface area contributed by atoms with Crippen molar-refractivity contribution in [2.45, 2.75) is 49.8 Å². The van der Waals surface area contributed by atoms with Crippen molar-refractivity contribution in [2.75, 3.05) is 0 Å². The first-order valence-corrected chi connectivity index (χ1v) is 9.90. The van der Waals surface area contributed by atoms with Gasteiger partial charge in [0.15, 0.2) is 0 Å². The number of hydrogen-bond acceptors (Lipinski definition) is 6. The summed E-state index contributed by atoms with van der Waals surface area (Å²) in [7, 11) is -3.82. The zero-order chi connectivity index (χ0) is 16.9. The molecule has 0 amide bonds. The first-order valence-electron chi connectivity index (χ1n) is 7.54. The van der Waals surface area contributed by atoms with Crippen molar-refractivity contribution in [3.05, 3.63) is 18.2 Å². The van der Waals surface area contributed by atoms with Gasteiger partial charge in [0.2, 0.25) is 4.34 Å². The summed E-state index contributed by atoms with van der Waals surface area (Å²) in [4.78, 5) is 15.7. The number of sulfonamides is 1. The predicted octanol–water partition coefficient (Wildman–Crippen LogP) is 3.21. The van der Waals surface area contributed by atoms with Crippen molar-refractivity contribution < 1.29 is 17.9 Å². The molecule has 0 bridgehead atoms. The van der Waals surface area contributed by atoms with Crippen LogP contribution in [0.4, 0.5) is 0 Å². The minimum atomic E-state index is -3.82. The number of nitrogens with two attached hydrogens (primary N) is 1. The summed E-state index contributed by atoms with van der Waals surface area (Å²) in [5.41, 5.74) is 0.512. The van der Waals surface area contributed by atoms with E-state index in [1.807, 2.05) is 0 Å². The van der Waals surface area contributed by atoms with Crippen LogP contribution < -0.4 is 9.88 Å². The van der Waals surface area contributed by atoms with E-state index < -0.39 is 10.0 Å². The number of carbonyl (C=O) groups excluding carboxylic acids is 1. The average molecular weight is 356 g/mol. The molecule has 8 heteroatoms. The van der Waals surface area contributed by atoms with Crippen LogP contribution in [0.25, 0.3) is 10.2 Å². The molecular formula is C15H20N2O4S2. The summed E-state index contributed by atoms with van der Waals surface area (Å²) in [6, 6.07) is 4.82. The Morgan fingerprint density at radius 2 is 2.00 bits per heavy atom. The van der Waals surface area contributed by atoms with Crippen LogP contribution in [-0.2, 0) is 14.8 Å². The number of ether oxygens (including phenoxy) is 1. The van der Waals surface area contributed by atoms with Crippen molar-refractivity contribution in [3.63, 3.8) is 0 Å². The standard InChI is InChI=1S/C15H20N2O4S2/c1-2-3-4-5-6-7-14(18)21-11-8-9-12-13(10-11)22-15(17-12)23(16,19)20/h8-10H,2-7H2,1H3,(H2,16,19,20). The lowest BCUT2D eigenvalue weighted by molar-refractivity contribution is -0.134. The second-order valence-electron chi connectivity index (χ2n) is 5.29.